The van der Waals surface area contributed by atoms with E-state index in [2.05, 4.69) is 16.7 Å². The van der Waals surface area contributed by atoms with E-state index in [9.17, 15) is 19.5 Å². The molecule has 0 radical (unpaired) electrons. The van der Waals surface area contributed by atoms with Crippen LogP contribution in [0.1, 0.15) is 60.8 Å². The summed E-state index contributed by atoms with van der Waals surface area (Å²) in [4.78, 5) is 48.9. The topological polar surface area (TPSA) is 121 Å². The molecule has 4 aliphatic rings. The van der Waals surface area contributed by atoms with Crippen molar-refractivity contribution in [1.29, 1.82) is 0 Å². The van der Waals surface area contributed by atoms with Gasteiger partial charge in [0.2, 0.25) is 5.91 Å². The number of amides is 1. The first-order chi connectivity index (χ1) is 21.5. The lowest BCUT2D eigenvalue weighted by Crippen LogP contribution is -2.61. The number of rotatable bonds is 7. The van der Waals surface area contributed by atoms with E-state index in [1.165, 1.54) is 0 Å². The maximum atomic E-state index is 14.2. The van der Waals surface area contributed by atoms with Gasteiger partial charge in [0.15, 0.2) is 12.1 Å². The fourth-order valence-corrected chi connectivity index (χ4v) is 7.85. The normalized spacial score (nSPS) is 39.1. The molecular formula is C34H60N4O8. The molecule has 0 aromatic rings. The van der Waals surface area contributed by atoms with Gasteiger partial charge in [-0.1, -0.05) is 13.8 Å². The number of likely N-dealkylation sites (N-methyl/N-ethyl adjacent to an activating group) is 2. The maximum Gasteiger partial charge on any atom is 0.319 e. The summed E-state index contributed by atoms with van der Waals surface area (Å²) in [6, 6.07) is -0.299. The van der Waals surface area contributed by atoms with Crippen LogP contribution >= 0.6 is 0 Å². The Morgan fingerprint density at radius 2 is 1.74 bits per heavy atom. The Labute approximate surface area is 276 Å². The molecule has 0 unspecified atom stereocenters. The predicted octanol–water partition coefficient (Wildman–Crippen LogP) is 1.48. The van der Waals surface area contributed by atoms with Crippen LogP contribution in [0, 0.1) is 23.2 Å². The Hall–Kier alpha value is -1.67. The number of aliphatic hydroxyl groups excluding tert-OH is 1. The molecule has 0 aromatic heterocycles. The minimum Gasteiger partial charge on any atom is -0.463 e. The number of likely N-dealkylation sites (tertiary alicyclic amines) is 2. The molecule has 1 amide bonds. The van der Waals surface area contributed by atoms with Gasteiger partial charge >= 0.3 is 5.97 Å². The number of carbonyl (C=O) groups is 3. The number of Topliss-reactive ketones (excluding diaryl/α,β-unsaturated/α-hetero) is 1. The lowest BCUT2D eigenvalue weighted by atomic mass is 9.74. The molecular weight excluding hydrogens is 592 g/mol. The fourth-order valence-electron chi connectivity index (χ4n) is 7.85. The highest BCUT2D eigenvalue weighted by atomic mass is 16.7. The standard InChI is InChI=1S/C34H60N4O8/c1-21-15-34(6,43-10)30(46-31-28(40)25(35(7)8)14-22(2)45-31)23(3)29(41)33(4,5)32(42)44-20-26(36(9)16-21)24-17-38(18-24)27(39)19-37-12-11-13-37/h21-26,28,30-31,40H,11-20H2,1-10H3/t21-,22-,23+,25+,26+,28-,30-,31+,34-/m1/s1. The lowest BCUT2D eigenvalue weighted by molar-refractivity contribution is -0.295. The van der Waals surface area contributed by atoms with Crippen LogP contribution in [0.4, 0.5) is 0 Å². The molecule has 12 heteroatoms. The smallest absolute Gasteiger partial charge is 0.319 e. The van der Waals surface area contributed by atoms with Gasteiger partial charge in [0.1, 0.15) is 18.1 Å². The van der Waals surface area contributed by atoms with Gasteiger partial charge in [-0.25, -0.2) is 0 Å². The van der Waals surface area contributed by atoms with Crippen LogP contribution in [0.25, 0.3) is 0 Å². The highest BCUT2D eigenvalue weighted by Crippen LogP contribution is 2.38. The largest absolute Gasteiger partial charge is 0.463 e. The summed E-state index contributed by atoms with van der Waals surface area (Å²) >= 11 is 0. The van der Waals surface area contributed by atoms with Gasteiger partial charge in [0, 0.05) is 50.7 Å². The van der Waals surface area contributed by atoms with E-state index in [1.54, 1.807) is 27.9 Å². The number of ketones is 1. The van der Waals surface area contributed by atoms with E-state index in [0.717, 1.165) is 19.5 Å². The third-order valence-corrected chi connectivity index (χ3v) is 11.0. The van der Waals surface area contributed by atoms with Crippen LogP contribution in [0.3, 0.4) is 0 Å². The Kier molecular flexibility index (Phi) is 12.0. The van der Waals surface area contributed by atoms with Crippen molar-refractivity contribution in [2.75, 3.05) is 74.1 Å². The zero-order valence-corrected chi connectivity index (χ0v) is 29.9. The Bertz CT molecular complexity index is 1080. The Morgan fingerprint density at radius 1 is 1.09 bits per heavy atom. The zero-order chi connectivity index (χ0) is 34.1. The van der Waals surface area contributed by atoms with Crippen molar-refractivity contribution in [2.24, 2.45) is 23.2 Å². The summed E-state index contributed by atoms with van der Waals surface area (Å²) in [7, 11) is 7.48. The number of aliphatic hydroxyl groups is 1. The molecule has 0 bridgehead atoms. The molecule has 0 saturated carbocycles. The molecule has 0 aliphatic carbocycles. The molecule has 4 rings (SSSR count). The quantitative estimate of drug-likeness (QED) is 0.318. The van der Waals surface area contributed by atoms with E-state index in [0.29, 0.717) is 39.0 Å². The SMILES string of the molecule is CO[C@]1(C)C[C@@H](C)CN(C)[C@H](C2CN(C(=O)CN3CCC3)C2)COC(=O)C(C)(C)C(=O)[C@H](C)[C@H]1O[C@@H]1O[C@H](C)C[C@H](N(C)C)[C@H]1O. The molecule has 0 aromatic carbocycles. The average molecular weight is 653 g/mol. The van der Waals surface area contributed by atoms with Crippen LogP contribution in [-0.4, -0.2) is 159 Å². The van der Waals surface area contributed by atoms with E-state index < -0.39 is 41.4 Å². The van der Waals surface area contributed by atoms with E-state index in [1.807, 2.05) is 44.8 Å². The van der Waals surface area contributed by atoms with Crippen LogP contribution in [0.5, 0.6) is 0 Å². The summed E-state index contributed by atoms with van der Waals surface area (Å²) in [5.74, 6) is -1.29. The number of carbonyl (C=O) groups excluding carboxylic acids is 3. The molecule has 4 aliphatic heterocycles. The van der Waals surface area contributed by atoms with E-state index in [-0.39, 0.29) is 48.3 Å². The lowest BCUT2D eigenvalue weighted by Gasteiger charge is -2.48. The zero-order valence-electron chi connectivity index (χ0n) is 29.9. The van der Waals surface area contributed by atoms with Crippen molar-refractivity contribution in [3.63, 3.8) is 0 Å². The van der Waals surface area contributed by atoms with Gasteiger partial charge in [0.05, 0.1) is 24.4 Å². The van der Waals surface area contributed by atoms with Crippen molar-refractivity contribution in [2.45, 2.75) is 103 Å². The third-order valence-electron chi connectivity index (χ3n) is 11.0. The fraction of sp³-hybridized carbons (Fsp3) is 0.912. The summed E-state index contributed by atoms with van der Waals surface area (Å²) in [5, 5.41) is 11.3. The summed E-state index contributed by atoms with van der Waals surface area (Å²) < 4.78 is 24.9. The maximum absolute atomic E-state index is 14.2. The average Bonchev–Trinajstić information content (AvgIpc) is 2.94. The Balaban J connectivity index is 1.58. The molecule has 4 heterocycles. The third kappa shape index (κ3) is 7.96. The number of esters is 1. The van der Waals surface area contributed by atoms with Crippen molar-refractivity contribution in [1.82, 2.24) is 19.6 Å². The molecule has 4 saturated heterocycles. The molecule has 46 heavy (non-hydrogen) atoms. The van der Waals surface area contributed by atoms with Crippen LogP contribution in [0.15, 0.2) is 0 Å². The van der Waals surface area contributed by atoms with Gasteiger partial charge < -0.3 is 33.9 Å². The number of cyclic esters (lactones) is 1. The number of ether oxygens (including phenoxy) is 4. The number of hydrogen-bond donors (Lipinski definition) is 1. The van der Waals surface area contributed by atoms with Gasteiger partial charge in [-0.05, 0) is 87.1 Å². The first kappa shape index (κ1) is 37.2. The molecule has 264 valence electrons. The predicted molar refractivity (Wildman–Crippen MR) is 173 cm³/mol. The van der Waals surface area contributed by atoms with E-state index in [4.69, 9.17) is 18.9 Å². The minimum atomic E-state index is -1.46. The molecule has 9 atom stereocenters. The minimum absolute atomic E-state index is 0.102. The molecule has 4 fully saturated rings. The van der Waals surface area contributed by atoms with Crippen LogP contribution in [-0.2, 0) is 33.3 Å². The van der Waals surface area contributed by atoms with Gasteiger partial charge in [-0.15, -0.1) is 0 Å². The summed E-state index contributed by atoms with van der Waals surface area (Å²) in [6.07, 6.45) is -0.578. The summed E-state index contributed by atoms with van der Waals surface area (Å²) in [5.41, 5.74) is -2.41. The van der Waals surface area contributed by atoms with Crippen LogP contribution < -0.4 is 0 Å². The highest BCUT2D eigenvalue weighted by molar-refractivity contribution is 6.04. The first-order valence-electron chi connectivity index (χ1n) is 17.1. The Morgan fingerprint density at radius 3 is 2.30 bits per heavy atom. The number of methoxy groups -OCH3 is 1. The highest BCUT2D eigenvalue weighted by Gasteiger charge is 2.52. The molecule has 1 N–H and O–H groups in total. The second-order valence-corrected chi connectivity index (χ2v) is 15.5. The van der Waals surface area contributed by atoms with Crippen LogP contribution in [0.2, 0.25) is 0 Å². The monoisotopic (exact) mass is 652 g/mol. The van der Waals surface area contributed by atoms with Gasteiger partial charge in [-0.3, -0.25) is 24.2 Å². The van der Waals surface area contributed by atoms with Crippen molar-refractivity contribution < 1.29 is 38.4 Å². The van der Waals surface area contributed by atoms with Crippen molar-refractivity contribution >= 4 is 17.7 Å². The van der Waals surface area contributed by atoms with Gasteiger partial charge in [-0.2, -0.15) is 0 Å². The molecule has 12 nitrogen and oxygen atoms in total. The second-order valence-electron chi connectivity index (χ2n) is 15.5. The molecule has 0 spiro atoms. The number of hydrogen-bond acceptors (Lipinski definition) is 11. The summed E-state index contributed by atoms with van der Waals surface area (Å²) in [6.45, 7) is 15.5. The van der Waals surface area contributed by atoms with E-state index >= 15 is 0 Å². The van der Waals surface area contributed by atoms with Gasteiger partial charge in [0.25, 0.3) is 0 Å². The van der Waals surface area contributed by atoms with Crippen molar-refractivity contribution in [3.8, 4) is 0 Å². The van der Waals surface area contributed by atoms with Crippen molar-refractivity contribution in [3.05, 3.63) is 0 Å². The number of nitrogens with zero attached hydrogens (tertiary/aromatic N) is 4. The first-order valence-corrected chi connectivity index (χ1v) is 17.1. The second kappa shape index (κ2) is 14.8.